The van der Waals surface area contributed by atoms with Gasteiger partial charge < -0.3 is 5.32 Å². The SMILES string of the molecule is Cc1ccnc(Nc2ccc(Cl)cc2I)c1Br. The molecule has 0 saturated carbocycles. The number of halogens is 3. The third-order valence-electron chi connectivity index (χ3n) is 2.27. The van der Waals surface area contributed by atoms with Crippen molar-refractivity contribution in [3.63, 3.8) is 0 Å². The minimum absolute atomic E-state index is 0.733. The van der Waals surface area contributed by atoms with Crippen molar-refractivity contribution in [2.75, 3.05) is 5.32 Å². The van der Waals surface area contributed by atoms with Crippen molar-refractivity contribution < 1.29 is 0 Å². The van der Waals surface area contributed by atoms with Gasteiger partial charge in [0.2, 0.25) is 0 Å². The largest absolute Gasteiger partial charge is 0.338 e. The maximum absolute atomic E-state index is 5.92. The maximum atomic E-state index is 5.92. The summed E-state index contributed by atoms with van der Waals surface area (Å²) in [5.74, 6) is 0.810. The lowest BCUT2D eigenvalue weighted by Crippen LogP contribution is -1.97. The van der Waals surface area contributed by atoms with Gasteiger partial charge >= 0.3 is 0 Å². The van der Waals surface area contributed by atoms with Crippen LogP contribution in [0.5, 0.6) is 0 Å². The lowest BCUT2D eigenvalue weighted by Gasteiger charge is -2.10. The average Bonchev–Trinajstić information content (AvgIpc) is 2.28. The fourth-order valence-electron chi connectivity index (χ4n) is 1.35. The predicted octanol–water partition coefficient (Wildman–Crippen LogP) is 5.15. The summed E-state index contributed by atoms with van der Waals surface area (Å²) in [6, 6.07) is 7.67. The minimum atomic E-state index is 0.733. The van der Waals surface area contributed by atoms with Gasteiger partial charge in [-0.1, -0.05) is 11.6 Å². The smallest absolute Gasteiger partial charge is 0.144 e. The summed E-state index contributed by atoms with van der Waals surface area (Å²) in [4.78, 5) is 4.30. The normalized spacial score (nSPS) is 10.4. The Bertz CT molecular complexity index is 560. The summed E-state index contributed by atoms with van der Waals surface area (Å²) in [6.07, 6.45) is 1.78. The van der Waals surface area contributed by atoms with Crippen LogP contribution in [0.15, 0.2) is 34.9 Å². The molecule has 2 nitrogen and oxygen atoms in total. The Hall–Kier alpha value is -0.330. The molecule has 1 N–H and O–H groups in total. The zero-order valence-electron chi connectivity index (χ0n) is 8.97. The van der Waals surface area contributed by atoms with Crippen LogP contribution in [0.3, 0.4) is 0 Å². The molecule has 1 aromatic heterocycles. The van der Waals surface area contributed by atoms with E-state index in [1.165, 1.54) is 0 Å². The first-order valence-electron chi connectivity index (χ1n) is 4.91. The molecule has 0 aliphatic carbocycles. The number of nitrogens with zero attached hydrogens (tertiary/aromatic N) is 1. The number of anilines is 2. The third-order valence-corrected chi connectivity index (χ3v) is 4.40. The Morgan fingerprint density at radius 2 is 2.12 bits per heavy atom. The zero-order chi connectivity index (χ0) is 12.4. The van der Waals surface area contributed by atoms with Gasteiger partial charge in [-0.15, -0.1) is 0 Å². The number of aryl methyl sites for hydroxylation is 1. The van der Waals surface area contributed by atoms with E-state index in [0.29, 0.717) is 0 Å². The van der Waals surface area contributed by atoms with Crippen LogP contribution < -0.4 is 5.32 Å². The van der Waals surface area contributed by atoms with Crippen molar-refractivity contribution in [1.29, 1.82) is 0 Å². The highest BCUT2D eigenvalue weighted by Crippen LogP contribution is 2.29. The van der Waals surface area contributed by atoms with Crippen molar-refractivity contribution in [3.05, 3.63) is 49.1 Å². The van der Waals surface area contributed by atoms with Crippen molar-refractivity contribution in [2.45, 2.75) is 6.92 Å². The average molecular weight is 423 g/mol. The Labute approximate surface area is 127 Å². The van der Waals surface area contributed by atoms with Gasteiger partial charge in [-0.2, -0.15) is 0 Å². The first kappa shape index (κ1) is 13.1. The molecular weight excluding hydrogens is 414 g/mol. The van der Waals surface area contributed by atoms with E-state index in [1.807, 2.05) is 31.2 Å². The topological polar surface area (TPSA) is 24.9 Å². The Morgan fingerprint density at radius 3 is 2.82 bits per heavy atom. The van der Waals surface area contributed by atoms with E-state index in [0.717, 1.165) is 30.1 Å². The molecule has 0 aliphatic heterocycles. The quantitative estimate of drug-likeness (QED) is 0.676. The molecule has 0 unspecified atom stereocenters. The molecule has 1 aromatic carbocycles. The van der Waals surface area contributed by atoms with E-state index < -0.39 is 0 Å². The Morgan fingerprint density at radius 1 is 1.35 bits per heavy atom. The number of benzene rings is 1. The molecule has 0 aliphatic rings. The van der Waals surface area contributed by atoms with Crippen LogP contribution in [0.1, 0.15) is 5.56 Å². The van der Waals surface area contributed by atoms with Crippen LogP contribution in [-0.2, 0) is 0 Å². The first-order chi connectivity index (χ1) is 8.08. The van der Waals surface area contributed by atoms with Crippen LogP contribution >= 0.6 is 50.1 Å². The van der Waals surface area contributed by atoms with Crippen molar-refractivity contribution in [1.82, 2.24) is 4.98 Å². The molecule has 2 rings (SSSR count). The minimum Gasteiger partial charge on any atom is -0.338 e. The highest BCUT2D eigenvalue weighted by molar-refractivity contribution is 14.1. The molecule has 1 heterocycles. The molecule has 5 heteroatoms. The summed E-state index contributed by atoms with van der Waals surface area (Å²) in [5, 5.41) is 4.02. The van der Waals surface area contributed by atoms with Crippen molar-refractivity contribution in [2.24, 2.45) is 0 Å². The summed E-state index contributed by atoms with van der Waals surface area (Å²) in [5.41, 5.74) is 2.14. The van der Waals surface area contributed by atoms with Crippen LogP contribution in [0.2, 0.25) is 5.02 Å². The van der Waals surface area contributed by atoms with Crippen molar-refractivity contribution in [3.8, 4) is 0 Å². The number of pyridine rings is 1. The van der Waals surface area contributed by atoms with Gasteiger partial charge in [-0.05, 0) is 75.3 Å². The molecule has 2 aromatic rings. The highest BCUT2D eigenvalue weighted by Gasteiger charge is 2.06. The number of hydrogen-bond donors (Lipinski definition) is 1. The first-order valence-corrected chi connectivity index (χ1v) is 7.16. The maximum Gasteiger partial charge on any atom is 0.144 e. The van der Waals surface area contributed by atoms with Crippen LogP contribution in [0, 0.1) is 10.5 Å². The lowest BCUT2D eigenvalue weighted by atomic mass is 10.3. The van der Waals surface area contributed by atoms with Gasteiger partial charge in [0, 0.05) is 14.8 Å². The van der Waals surface area contributed by atoms with E-state index in [-0.39, 0.29) is 0 Å². The zero-order valence-corrected chi connectivity index (χ0v) is 13.5. The summed E-state index contributed by atoms with van der Waals surface area (Å²) in [7, 11) is 0. The van der Waals surface area contributed by atoms with Gasteiger partial charge in [-0.25, -0.2) is 4.98 Å². The molecule has 0 radical (unpaired) electrons. The van der Waals surface area contributed by atoms with E-state index in [2.05, 4.69) is 48.8 Å². The van der Waals surface area contributed by atoms with Gasteiger partial charge in [-0.3, -0.25) is 0 Å². The highest BCUT2D eigenvalue weighted by atomic mass is 127. The van der Waals surface area contributed by atoms with Gasteiger partial charge in [0.15, 0.2) is 0 Å². The molecule has 0 fully saturated rings. The van der Waals surface area contributed by atoms with Crippen LogP contribution in [0.4, 0.5) is 11.5 Å². The van der Waals surface area contributed by atoms with Crippen LogP contribution in [0.25, 0.3) is 0 Å². The van der Waals surface area contributed by atoms with E-state index in [1.54, 1.807) is 6.20 Å². The van der Waals surface area contributed by atoms with E-state index in [4.69, 9.17) is 11.6 Å². The molecule has 0 atom stereocenters. The molecule has 0 spiro atoms. The van der Waals surface area contributed by atoms with Gasteiger partial charge in [0.25, 0.3) is 0 Å². The second-order valence-corrected chi connectivity index (χ2v) is 5.93. The van der Waals surface area contributed by atoms with E-state index >= 15 is 0 Å². The Kier molecular flexibility index (Phi) is 4.27. The number of hydrogen-bond acceptors (Lipinski definition) is 2. The summed E-state index contributed by atoms with van der Waals surface area (Å²) < 4.78 is 2.04. The number of aromatic nitrogens is 1. The lowest BCUT2D eigenvalue weighted by molar-refractivity contribution is 1.25. The molecule has 0 saturated heterocycles. The summed E-state index contributed by atoms with van der Waals surface area (Å²) in [6.45, 7) is 2.03. The molecule has 0 amide bonds. The predicted molar refractivity (Wildman–Crippen MR) is 84.1 cm³/mol. The van der Waals surface area contributed by atoms with Gasteiger partial charge in [0.05, 0.1) is 10.2 Å². The van der Waals surface area contributed by atoms with E-state index in [9.17, 15) is 0 Å². The van der Waals surface area contributed by atoms with Crippen molar-refractivity contribution >= 4 is 61.6 Å². The molecule has 88 valence electrons. The number of nitrogens with one attached hydrogen (secondary N) is 1. The Balaban J connectivity index is 2.35. The molecule has 0 bridgehead atoms. The monoisotopic (exact) mass is 422 g/mol. The van der Waals surface area contributed by atoms with Gasteiger partial charge in [0.1, 0.15) is 5.82 Å². The fraction of sp³-hybridized carbons (Fsp3) is 0.0833. The second kappa shape index (κ2) is 5.54. The molecular formula is C12H9BrClIN2. The second-order valence-electron chi connectivity index (χ2n) is 3.54. The molecule has 17 heavy (non-hydrogen) atoms. The van der Waals surface area contributed by atoms with Crippen LogP contribution in [-0.4, -0.2) is 4.98 Å². The number of rotatable bonds is 2. The third kappa shape index (κ3) is 3.11. The fourth-order valence-corrected chi connectivity index (χ4v) is 2.69. The standard InChI is InChI=1S/C12H9BrClIN2/c1-7-4-5-16-12(11(7)13)17-10-3-2-8(14)6-9(10)15/h2-6H,1H3,(H,16,17). The summed E-state index contributed by atoms with van der Waals surface area (Å²) >= 11 is 11.7.